The Morgan fingerprint density at radius 2 is 2.05 bits per heavy atom. The molecular formula is C14H12BrN3O2S. The van der Waals surface area contributed by atoms with E-state index in [1.165, 1.54) is 0 Å². The van der Waals surface area contributed by atoms with E-state index in [0.29, 0.717) is 17.8 Å². The number of halogens is 1. The molecule has 2 aromatic rings. The largest absolute Gasteiger partial charge is 0.343 e. The Hall–Kier alpha value is -1.60. The summed E-state index contributed by atoms with van der Waals surface area (Å²) in [6.07, 6.45) is 2.26. The highest BCUT2D eigenvalue weighted by atomic mass is 79.9. The summed E-state index contributed by atoms with van der Waals surface area (Å²) in [5, 5.41) is 8.72. The average Bonchev–Trinajstić information content (AvgIpc) is 3.04. The lowest BCUT2D eigenvalue weighted by molar-refractivity contribution is -0.116. The average molecular weight is 366 g/mol. The van der Waals surface area contributed by atoms with Crippen molar-refractivity contribution in [2.45, 2.75) is 25.2 Å². The maximum Gasteiger partial charge on any atom is 0.270 e. The molecule has 0 saturated heterocycles. The molecule has 1 aliphatic heterocycles. The fourth-order valence-corrected chi connectivity index (χ4v) is 4.68. The van der Waals surface area contributed by atoms with Gasteiger partial charge in [0.05, 0.1) is 15.3 Å². The molecule has 0 radical (unpaired) electrons. The van der Waals surface area contributed by atoms with Gasteiger partial charge in [-0.3, -0.25) is 19.8 Å². The van der Waals surface area contributed by atoms with Gasteiger partial charge in [-0.15, -0.1) is 11.3 Å². The number of Topliss-reactive ketones (excluding diaryl/α,β-unsaturated/α-hetero) is 1. The van der Waals surface area contributed by atoms with Crippen LogP contribution in [0.5, 0.6) is 0 Å². The molecule has 1 aliphatic carbocycles. The van der Waals surface area contributed by atoms with Crippen LogP contribution in [0.1, 0.15) is 35.6 Å². The molecule has 7 heteroatoms. The molecule has 0 bridgehead atoms. The molecule has 4 rings (SSSR count). The minimum Gasteiger partial charge on any atom is -0.343 e. The SMILES string of the molecule is O=C1CCCC2=C1[C@H](c1ccc(Br)s1)c1c([nH][nH]c1=O)N2. The zero-order valence-electron chi connectivity index (χ0n) is 11.0. The first-order valence-electron chi connectivity index (χ1n) is 6.74. The fraction of sp³-hybridized carbons (Fsp3) is 0.286. The zero-order valence-corrected chi connectivity index (χ0v) is 13.4. The Balaban J connectivity index is 1.98. The van der Waals surface area contributed by atoms with Gasteiger partial charge in [0.2, 0.25) is 0 Å². The molecule has 5 nitrogen and oxygen atoms in total. The molecule has 2 aliphatic rings. The van der Waals surface area contributed by atoms with Crippen LogP contribution in [0.3, 0.4) is 0 Å². The molecule has 3 N–H and O–H groups in total. The Labute approximate surface area is 132 Å². The Morgan fingerprint density at radius 1 is 1.19 bits per heavy atom. The van der Waals surface area contributed by atoms with Crippen molar-refractivity contribution >= 4 is 38.9 Å². The normalized spacial score (nSPS) is 21.0. The van der Waals surface area contributed by atoms with Gasteiger partial charge in [-0.1, -0.05) is 0 Å². The monoisotopic (exact) mass is 365 g/mol. The van der Waals surface area contributed by atoms with Gasteiger partial charge < -0.3 is 5.32 Å². The second-order valence-electron chi connectivity index (χ2n) is 5.24. The Bertz CT molecular complexity index is 829. The third kappa shape index (κ3) is 1.95. The number of hydrogen-bond donors (Lipinski definition) is 3. The summed E-state index contributed by atoms with van der Waals surface area (Å²) in [7, 11) is 0. The molecule has 1 atom stereocenters. The van der Waals surface area contributed by atoms with Gasteiger partial charge in [-0.05, 0) is 40.9 Å². The summed E-state index contributed by atoms with van der Waals surface area (Å²) in [5.41, 5.74) is 2.15. The Morgan fingerprint density at radius 3 is 2.81 bits per heavy atom. The minimum atomic E-state index is -0.268. The minimum absolute atomic E-state index is 0.143. The number of aromatic amines is 2. The van der Waals surface area contributed by atoms with Crippen molar-refractivity contribution in [1.29, 1.82) is 0 Å². The van der Waals surface area contributed by atoms with Gasteiger partial charge in [0.1, 0.15) is 5.82 Å². The lowest BCUT2D eigenvalue weighted by atomic mass is 9.79. The van der Waals surface area contributed by atoms with E-state index in [2.05, 4.69) is 31.4 Å². The third-order valence-corrected chi connectivity index (χ3v) is 5.69. The van der Waals surface area contributed by atoms with E-state index in [1.807, 2.05) is 12.1 Å². The van der Waals surface area contributed by atoms with Crippen LogP contribution < -0.4 is 10.9 Å². The molecule has 0 saturated carbocycles. The molecule has 2 aromatic heterocycles. The number of aromatic nitrogens is 2. The predicted molar refractivity (Wildman–Crippen MR) is 84.8 cm³/mol. The third-order valence-electron chi connectivity index (χ3n) is 4.00. The summed E-state index contributed by atoms with van der Waals surface area (Å²) in [6, 6.07) is 3.93. The van der Waals surface area contributed by atoms with Gasteiger partial charge >= 0.3 is 0 Å². The second kappa shape index (κ2) is 4.71. The van der Waals surface area contributed by atoms with E-state index in [-0.39, 0.29) is 17.3 Å². The summed E-state index contributed by atoms with van der Waals surface area (Å²) in [5.74, 6) is 0.558. The maximum absolute atomic E-state index is 12.4. The smallest absolute Gasteiger partial charge is 0.270 e. The summed E-state index contributed by atoms with van der Waals surface area (Å²) in [4.78, 5) is 25.6. The van der Waals surface area contributed by atoms with E-state index in [0.717, 1.165) is 32.8 Å². The highest BCUT2D eigenvalue weighted by Gasteiger charge is 2.38. The number of fused-ring (bicyclic) bond motifs is 1. The van der Waals surface area contributed by atoms with E-state index < -0.39 is 0 Å². The van der Waals surface area contributed by atoms with Gasteiger partial charge in [0.15, 0.2) is 5.78 Å². The van der Waals surface area contributed by atoms with Crippen LogP contribution in [0, 0.1) is 0 Å². The van der Waals surface area contributed by atoms with Crippen molar-refractivity contribution in [2.24, 2.45) is 0 Å². The fourth-order valence-electron chi connectivity index (χ4n) is 3.13. The molecule has 0 fully saturated rings. The van der Waals surface area contributed by atoms with E-state index in [9.17, 15) is 9.59 Å². The quantitative estimate of drug-likeness (QED) is 0.726. The highest BCUT2D eigenvalue weighted by Crippen LogP contribution is 2.45. The van der Waals surface area contributed by atoms with Crippen LogP contribution in [0.25, 0.3) is 0 Å². The van der Waals surface area contributed by atoms with Crippen LogP contribution in [0.15, 0.2) is 32.0 Å². The number of thiophene rings is 1. The van der Waals surface area contributed by atoms with Crippen molar-refractivity contribution in [1.82, 2.24) is 10.2 Å². The molecule has 0 aromatic carbocycles. The van der Waals surface area contributed by atoms with E-state index in [1.54, 1.807) is 11.3 Å². The number of allylic oxidation sites excluding steroid dienone is 2. The molecule has 0 amide bonds. The molecule has 21 heavy (non-hydrogen) atoms. The standard InChI is InChI=1S/C14H12BrN3O2S/c15-9-5-4-8(21-9)11-10-6(2-1-3-7(10)19)16-13-12(11)14(20)18-17-13/h4-5,11H,1-3H2,(H3,16,17,18,20)/t11-/m0/s1. The Kier molecular flexibility index (Phi) is 2.93. The molecule has 0 unspecified atom stereocenters. The topological polar surface area (TPSA) is 77.8 Å². The van der Waals surface area contributed by atoms with Crippen molar-refractivity contribution in [2.75, 3.05) is 5.32 Å². The van der Waals surface area contributed by atoms with Gasteiger partial charge in [-0.25, -0.2) is 0 Å². The van der Waals surface area contributed by atoms with Gasteiger partial charge in [-0.2, -0.15) is 0 Å². The number of H-pyrrole nitrogens is 2. The number of nitrogens with one attached hydrogen (secondary N) is 3. The van der Waals surface area contributed by atoms with Gasteiger partial charge in [0, 0.05) is 22.6 Å². The highest BCUT2D eigenvalue weighted by molar-refractivity contribution is 9.11. The first-order chi connectivity index (χ1) is 10.1. The number of hydrogen-bond acceptors (Lipinski definition) is 4. The number of rotatable bonds is 1. The maximum atomic E-state index is 12.4. The van der Waals surface area contributed by atoms with Crippen molar-refractivity contribution in [3.63, 3.8) is 0 Å². The van der Waals surface area contributed by atoms with Gasteiger partial charge in [0.25, 0.3) is 5.56 Å². The zero-order chi connectivity index (χ0) is 14.6. The lowest BCUT2D eigenvalue weighted by Crippen LogP contribution is -2.28. The van der Waals surface area contributed by atoms with Crippen molar-refractivity contribution < 1.29 is 4.79 Å². The molecule has 0 spiro atoms. The predicted octanol–water partition coefficient (Wildman–Crippen LogP) is 3.09. The first-order valence-corrected chi connectivity index (χ1v) is 8.35. The van der Waals surface area contributed by atoms with Crippen LogP contribution in [0.2, 0.25) is 0 Å². The summed E-state index contributed by atoms with van der Waals surface area (Å²) in [6.45, 7) is 0. The molecule has 108 valence electrons. The van der Waals surface area contributed by atoms with Crippen LogP contribution in [-0.2, 0) is 4.79 Å². The second-order valence-corrected chi connectivity index (χ2v) is 7.73. The number of anilines is 1. The number of carbonyl (C=O) groups is 1. The lowest BCUT2D eigenvalue weighted by Gasteiger charge is -2.30. The number of ketones is 1. The number of carbonyl (C=O) groups excluding carboxylic acids is 1. The van der Waals surface area contributed by atoms with Crippen LogP contribution in [0.4, 0.5) is 5.82 Å². The van der Waals surface area contributed by atoms with Crippen LogP contribution in [-0.4, -0.2) is 16.0 Å². The first kappa shape index (κ1) is 13.1. The van der Waals surface area contributed by atoms with Crippen molar-refractivity contribution in [3.8, 4) is 0 Å². The summed E-state index contributed by atoms with van der Waals surface area (Å²) >= 11 is 5.02. The van der Waals surface area contributed by atoms with E-state index in [4.69, 9.17) is 0 Å². The van der Waals surface area contributed by atoms with E-state index >= 15 is 0 Å². The summed E-state index contributed by atoms with van der Waals surface area (Å²) < 4.78 is 0.995. The molecule has 3 heterocycles. The van der Waals surface area contributed by atoms with Crippen LogP contribution >= 0.6 is 27.3 Å². The molecular weight excluding hydrogens is 354 g/mol. The van der Waals surface area contributed by atoms with Crippen molar-refractivity contribution in [3.05, 3.63) is 48.0 Å².